The Morgan fingerprint density at radius 1 is 1.00 bits per heavy atom. The number of carbonyl (C=O) groups is 1. The molecule has 3 aromatic rings. The number of aliphatic hydroxyl groups is 1. The molecule has 0 aliphatic rings. The molecule has 0 aliphatic carbocycles. The Bertz CT molecular complexity index is 1280. The lowest BCUT2D eigenvalue weighted by Gasteiger charge is -2.19. The third-order valence-electron chi connectivity index (χ3n) is 4.54. The fraction of sp³-hybridized carbons (Fsp3) is 0.174. The first-order chi connectivity index (χ1) is 16.8. The van der Waals surface area contributed by atoms with Gasteiger partial charge in [0.25, 0.3) is 10.0 Å². The summed E-state index contributed by atoms with van der Waals surface area (Å²) in [6.07, 6.45) is 0. The van der Waals surface area contributed by atoms with E-state index in [0.29, 0.717) is 5.75 Å². The van der Waals surface area contributed by atoms with Crippen molar-refractivity contribution in [3.05, 3.63) is 66.2 Å². The van der Waals surface area contributed by atoms with Gasteiger partial charge in [-0.3, -0.25) is 4.72 Å². The molecular weight excluding hydrogens is 502 g/mol. The number of anilines is 1. The van der Waals surface area contributed by atoms with Crippen molar-refractivity contribution in [1.29, 1.82) is 0 Å². The van der Waals surface area contributed by atoms with Crippen molar-refractivity contribution in [3.63, 3.8) is 0 Å². The minimum atomic E-state index is -4.19. The van der Waals surface area contributed by atoms with Gasteiger partial charge >= 0.3 is 5.97 Å². The SMILES string of the molecule is COc1ccc(S(=O)(=O)Nc2cc(C(=O)O)cc(OCCO)c2Oc2ccccc2OCCl)cc1. The quantitative estimate of drug-likeness (QED) is 0.301. The molecule has 0 unspecified atom stereocenters. The maximum Gasteiger partial charge on any atom is 0.335 e. The predicted molar refractivity (Wildman–Crippen MR) is 128 cm³/mol. The third kappa shape index (κ3) is 6.47. The number of methoxy groups -OCH3 is 1. The first kappa shape index (κ1) is 25.9. The fourth-order valence-corrected chi connectivity index (χ4v) is 4.12. The molecule has 0 amide bonds. The average Bonchev–Trinajstić information content (AvgIpc) is 2.85. The molecule has 10 nitrogen and oxygen atoms in total. The Hall–Kier alpha value is -3.67. The number of rotatable bonds is 12. The number of hydrogen-bond donors (Lipinski definition) is 3. The van der Waals surface area contributed by atoms with Crippen molar-refractivity contribution in [2.24, 2.45) is 0 Å². The summed E-state index contributed by atoms with van der Waals surface area (Å²) in [5, 5.41) is 18.8. The molecule has 0 aliphatic heterocycles. The maximum absolute atomic E-state index is 13.1. The summed E-state index contributed by atoms with van der Waals surface area (Å²) in [5.74, 6) is -0.729. The predicted octanol–water partition coefficient (Wildman–Crippen LogP) is 3.93. The van der Waals surface area contributed by atoms with Crippen LogP contribution in [0, 0.1) is 0 Å². The van der Waals surface area contributed by atoms with Crippen LogP contribution in [-0.4, -0.2) is 51.0 Å². The lowest BCUT2D eigenvalue weighted by atomic mass is 10.1. The maximum atomic E-state index is 13.1. The number of nitrogens with one attached hydrogen (secondary N) is 1. The van der Waals surface area contributed by atoms with Gasteiger partial charge in [0.15, 0.2) is 29.1 Å². The van der Waals surface area contributed by atoms with E-state index in [4.69, 9.17) is 30.5 Å². The number of aliphatic hydroxyl groups excluding tert-OH is 1. The van der Waals surface area contributed by atoms with Crippen LogP contribution in [-0.2, 0) is 10.0 Å². The van der Waals surface area contributed by atoms with Gasteiger partial charge in [-0.15, -0.1) is 0 Å². The first-order valence-corrected chi connectivity index (χ1v) is 12.1. The van der Waals surface area contributed by atoms with E-state index in [0.717, 1.165) is 12.1 Å². The molecule has 0 aromatic heterocycles. The number of carboxylic acid groups (broad SMARTS) is 1. The second-order valence-corrected chi connectivity index (χ2v) is 8.71. The van der Waals surface area contributed by atoms with E-state index in [9.17, 15) is 23.4 Å². The smallest absolute Gasteiger partial charge is 0.335 e. The van der Waals surface area contributed by atoms with Gasteiger partial charge in [-0.2, -0.15) is 0 Å². The van der Waals surface area contributed by atoms with Crippen LogP contribution in [0.25, 0.3) is 0 Å². The van der Waals surface area contributed by atoms with E-state index in [1.807, 2.05) is 0 Å². The van der Waals surface area contributed by atoms with E-state index in [1.54, 1.807) is 24.3 Å². The molecule has 0 heterocycles. The molecule has 3 rings (SSSR count). The van der Waals surface area contributed by atoms with Crippen molar-refractivity contribution >= 4 is 33.3 Å². The van der Waals surface area contributed by atoms with Gasteiger partial charge in [-0.25, -0.2) is 13.2 Å². The van der Waals surface area contributed by atoms with Crippen LogP contribution >= 0.6 is 11.6 Å². The number of alkyl halides is 1. The Kier molecular flexibility index (Phi) is 8.63. The zero-order chi connectivity index (χ0) is 25.4. The molecule has 0 spiro atoms. The number of carboxylic acids is 1. The van der Waals surface area contributed by atoms with Crippen LogP contribution in [0.1, 0.15) is 10.4 Å². The molecule has 12 heteroatoms. The number of para-hydroxylation sites is 2. The first-order valence-electron chi connectivity index (χ1n) is 10.1. The number of sulfonamides is 1. The van der Waals surface area contributed by atoms with E-state index in [2.05, 4.69) is 4.72 Å². The van der Waals surface area contributed by atoms with Crippen LogP contribution < -0.4 is 23.7 Å². The monoisotopic (exact) mass is 523 g/mol. The Morgan fingerprint density at radius 3 is 2.29 bits per heavy atom. The Morgan fingerprint density at radius 2 is 1.69 bits per heavy atom. The summed E-state index contributed by atoms with van der Waals surface area (Å²) < 4.78 is 50.4. The Labute approximate surface area is 206 Å². The van der Waals surface area contributed by atoms with Crippen molar-refractivity contribution in [3.8, 4) is 28.7 Å². The van der Waals surface area contributed by atoms with Gasteiger partial charge in [-0.1, -0.05) is 23.7 Å². The van der Waals surface area contributed by atoms with Crippen LogP contribution in [0.4, 0.5) is 5.69 Å². The fourth-order valence-electron chi connectivity index (χ4n) is 2.95. The van der Waals surface area contributed by atoms with Gasteiger partial charge in [0.2, 0.25) is 0 Å². The summed E-state index contributed by atoms with van der Waals surface area (Å²) >= 11 is 5.68. The largest absolute Gasteiger partial charge is 0.497 e. The summed E-state index contributed by atoms with van der Waals surface area (Å²) in [7, 11) is -2.74. The molecule has 0 atom stereocenters. The highest BCUT2D eigenvalue weighted by Gasteiger charge is 2.24. The highest BCUT2D eigenvalue weighted by atomic mass is 35.5. The van der Waals surface area contributed by atoms with E-state index < -0.39 is 16.0 Å². The molecule has 186 valence electrons. The lowest BCUT2D eigenvalue weighted by Crippen LogP contribution is -2.15. The van der Waals surface area contributed by atoms with Crippen molar-refractivity contribution in [1.82, 2.24) is 0 Å². The van der Waals surface area contributed by atoms with Crippen LogP contribution in [0.5, 0.6) is 28.7 Å². The van der Waals surface area contributed by atoms with E-state index >= 15 is 0 Å². The third-order valence-corrected chi connectivity index (χ3v) is 6.03. The minimum Gasteiger partial charge on any atom is -0.497 e. The number of ether oxygens (including phenoxy) is 4. The standard InChI is InChI=1S/C23H22ClNO9S/c1-31-16-6-8-17(9-7-16)35(29,30)25-18-12-15(23(27)28)13-21(32-11-10-26)22(18)34-20-5-3-2-4-19(20)33-14-24/h2-9,12-13,25-26H,10-11,14H2,1H3,(H,27,28). The van der Waals surface area contributed by atoms with E-state index in [1.165, 1.54) is 31.4 Å². The summed E-state index contributed by atoms with van der Waals surface area (Å²) in [4.78, 5) is 11.6. The second-order valence-electron chi connectivity index (χ2n) is 6.81. The lowest BCUT2D eigenvalue weighted by molar-refractivity contribution is 0.0696. The van der Waals surface area contributed by atoms with Crippen LogP contribution in [0.15, 0.2) is 65.6 Å². The molecule has 35 heavy (non-hydrogen) atoms. The normalized spacial score (nSPS) is 10.9. The summed E-state index contributed by atoms with van der Waals surface area (Å²) in [6.45, 7) is -0.584. The molecule has 3 aromatic carbocycles. The topological polar surface area (TPSA) is 141 Å². The summed E-state index contributed by atoms with van der Waals surface area (Å²) in [5.41, 5.74) is -0.489. The number of halogens is 1. The number of hydrogen-bond acceptors (Lipinski definition) is 8. The van der Waals surface area contributed by atoms with Gasteiger partial charge in [0.1, 0.15) is 12.4 Å². The Balaban J connectivity index is 2.13. The van der Waals surface area contributed by atoms with E-state index in [-0.39, 0.29) is 58.4 Å². The van der Waals surface area contributed by atoms with Gasteiger partial charge in [0, 0.05) is 0 Å². The van der Waals surface area contributed by atoms with Crippen molar-refractivity contribution in [2.75, 3.05) is 31.1 Å². The van der Waals surface area contributed by atoms with Gasteiger partial charge in [0.05, 0.1) is 29.9 Å². The highest BCUT2D eigenvalue weighted by Crippen LogP contribution is 2.43. The zero-order valence-electron chi connectivity index (χ0n) is 18.4. The zero-order valence-corrected chi connectivity index (χ0v) is 20.0. The molecule has 0 radical (unpaired) electrons. The highest BCUT2D eigenvalue weighted by molar-refractivity contribution is 7.92. The van der Waals surface area contributed by atoms with Gasteiger partial charge in [-0.05, 0) is 48.5 Å². The van der Waals surface area contributed by atoms with Crippen LogP contribution in [0.2, 0.25) is 0 Å². The molecule has 0 saturated carbocycles. The van der Waals surface area contributed by atoms with Crippen molar-refractivity contribution in [2.45, 2.75) is 4.90 Å². The molecule has 3 N–H and O–H groups in total. The average molecular weight is 524 g/mol. The molecule has 0 fully saturated rings. The second kappa shape index (κ2) is 11.6. The molecule has 0 saturated heterocycles. The van der Waals surface area contributed by atoms with Crippen LogP contribution in [0.3, 0.4) is 0 Å². The minimum absolute atomic E-state index is 0.103. The molecule has 0 bridgehead atoms. The molecular formula is C23H22ClNO9S. The van der Waals surface area contributed by atoms with Gasteiger partial charge < -0.3 is 29.2 Å². The summed E-state index contributed by atoms with van der Waals surface area (Å²) in [6, 6.07) is 14.1. The number of benzene rings is 3. The van der Waals surface area contributed by atoms with Crippen molar-refractivity contribution < 1.29 is 42.4 Å². The number of aromatic carboxylic acids is 1.